The number of aryl methyl sites for hydroxylation is 2. The normalized spacial score (nSPS) is 10.3. The van der Waals surface area contributed by atoms with Crippen LogP contribution in [0.15, 0.2) is 30.3 Å². The number of carboxylic acids is 1. The standard InChI is InChI=1S/C15H14ClNO3/c1-8-5-11(6-9(2)14(8)16)20-13-4-3-10(15(18)19)7-12(13)17/h3-7H,17H2,1-2H3,(H,18,19). The first kappa shape index (κ1) is 14.2. The first-order valence-corrected chi connectivity index (χ1v) is 6.33. The van der Waals surface area contributed by atoms with E-state index in [0.717, 1.165) is 11.1 Å². The van der Waals surface area contributed by atoms with E-state index in [2.05, 4.69) is 0 Å². The molecule has 5 heteroatoms. The van der Waals surface area contributed by atoms with Crippen LogP contribution < -0.4 is 10.5 Å². The van der Waals surface area contributed by atoms with E-state index in [1.54, 1.807) is 12.1 Å². The Kier molecular flexibility index (Phi) is 3.86. The van der Waals surface area contributed by atoms with Gasteiger partial charge in [-0.15, -0.1) is 0 Å². The van der Waals surface area contributed by atoms with Crippen molar-refractivity contribution in [3.05, 3.63) is 52.0 Å². The summed E-state index contributed by atoms with van der Waals surface area (Å²) >= 11 is 6.09. The lowest BCUT2D eigenvalue weighted by atomic mass is 10.1. The van der Waals surface area contributed by atoms with Crippen LogP contribution in [0, 0.1) is 13.8 Å². The first-order chi connectivity index (χ1) is 9.38. The Morgan fingerprint density at radius 2 is 1.80 bits per heavy atom. The van der Waals surface area contributed by atoms with Gasteiger partial charge >= 0.3 is 5.97 Å². The summed E-state index contributed by atoms with van der Waals surface area (Å²) in [6.45, 7) is 3.78. The number of carboxylic acid groups (broad SMARTS) is 1. The first-order valence-electron chi connectivity index (χ1n) is 5.96. The molecule has 0 aliphatic carbocycles. The summed E-state index contributed by atoms with van der Waals surface area (Å²) in [4.78, 5) is 10.8. The average Bonchev–Trinajstić information content (AvgIpc) is 2.38. The van der Waals surface area contributed by atoms with Crippen molar-refractivity contribution < 1.29 is 14.6 Å². The highest BCUT2D eigenvalue weighted by Gasteiger charge is 2.09. The fourth-order valence-electron chi connectivity index (χ4n) is 1.87. The molecule has 0 radical (unpaired) electrons. The summed E-state index contributed by atoms with van der Waals surface area (Å²) < 4.78 is 5.68. The van der Waals surface area contributed by atoms with Gasteiger partial charge in [0.2, 0.25) is 0 Å². The third kappa shape index (κ3) is 2.86. The Bertz CT molecular complexity index is 660. The molecule has 104 valence electrons. The van der Waals surface area contributed by atoms with Crippen molar-refractivity contribution in [1.29, 1.82) is 0 Å². The van der Waals surface area contributed by atoms with Crippen molar-refractivity contribution in [2.45, 2.75) is 13.8 Å². The fourth-order valence-corrected chi connectivity index (χ4v) is 1.98. The molecule has 2 rings (SSSR count). The van der Waals surface area contributed by atoms with Crippen LogP contribution in [0.25, 0.3) is 0 Å². The van der Waals surface area contributed by atoms with Crippen LogP contribution in [-0.2, 0) is 0 Å². The van der Waals surface area contributed by atoms with Crippen molar-refractivity contribution in [1.82, 2.24) is 0 Å². The van der Waals surface area contributed by atoms with E-state index in [1.165, 1.54) is 18.2 Å². The van der Waals surface area contributed by atoms with Crippen LogP contribution in [0.3, 0.4) is 0 Å². The van der Waals surface area contributed by atoms with Gasteiger partial charge in [-0.2, -0.15) is 0 Å². The number of aromatic carboxylic acids is 1. The molecule has 0 atom stereocenters. The second-order valence-electron chi connectivity index (χ2n) is 4.53. The zero-order valence-corrected chi connectivity index (χ0v) is 11.9. The fraction of sp³-hybridized carbons (Fsp3) is 0.133. The predicted molar refractivity (Wildman–Crippen MR) is 78.8 cm³/mol. The van der Waals surface area contributed by atoms with Crippen LogP contribution in [-0.4, -0.2) is 11.1 Å². The molecule has 0 amide bonds. The van der Waals surface area contributed by atoms with Gasteiger partial charge in [-0.3, -0.25) is 0 Å². The Morgan fingerprint density at radius 1 is 1.20 bits per heavy atom. The smallest absolute Gasteiger partial charge is 0.335 e. The molecule has 20 heavy (non-hydrogen) atoms. The number of nitrogens with two attached hydrogens (primary N) is 1. The molecule has 0 aromatic heterocycles. The number of hydrogen-bond acceptors (Lipinski definition) is 3. The number of rotatable bonds is 3. The lowest BCUT2D eigenvalue weighted by Crippen LogP contribution is -1.99. The third-order valence-corrected chi connectivity index (χ3v) is 3.49. The maximum Gasteiger partial charge on any atom is 0.335 e. The van der Waals surface area contributed by atoms with Gasteiger partial charge in [0.25, 0.3) is 0 Å². The zero-order chi connectivity index (χ0) is 14.9. The van der Waals surface area contributed by atoms with Gasteiger partial charge in [0, 0.05) is 5.02 Å². The van der Waals surface area contributed by atoms with E-state index in [0.29, 0.717) is 16.5 Å². The molecule has 0 aliphatic heterocycles. The monoisotopic (exact) mass is 291 g/mol. The minimum atomic E-state index is -1.03. The average molecular weight is 292 g/mol. The molecule has 0 fully saturated rings. The predicted octanol–water partition coefficient (Wildman–Crippen LogP) is 4.03. The van der Waals surface area contributed by atoms with Crippen LogP contribution >= 0.6 is 11.6 Å². The number of ether oxygens (including phenoxy) is 1. The third-order valence-electron chi connectivity index (χ3n) is 2.89. The Morgan fingerprint density at radius 3 is 2.30 bits per heavy atom. The van der Waals surface area contributed by atoms with Crippen molar-refractivity contribution in [2.24, 2.45) is 0 Å². The van der Waals surface area contributed by atoms with E-state index < -0.39 is 5.97 Å². The molecule has 0 bridgehead atoms. The van der Waals surface area contributed by atoms with Gasteiger partial charge < -0.3 is 15.6 Å². The summed E-state index contributed by atoms with van der Waals surface area (Å²) in [6, 6.07) is 7.97. The van der Waals surface area contributed by atoms with Crippen LogP contribution in [0.5, 0.6) is 11.5 Å². The quantitative estimate of drug-likeness (QED) is 0.837. The maximum absolute atomic E-state index is 10.8. The number of hydrogen-bond donors (Lipinski definition) is 2. The zero-order valence-electron chi connectivity index (χ0n) is 11.1. The minimum absolute atomic E-state index is 0.123. The molecule has 0 saturated carbocycles. The molecule has 0 spiro atoms. The lowest BCUT2D eigenvalue weighted by Gasteiger charge is -2.11. The van der Waals surface area contributed by atoms with Crippen molar-refractivity contribution in [3.8, 4) is 11.5 Å². The van der Waals surface area contributed by atoms with E-state index in [4.69, 9.17) is 27.2 Å². The van der Waals surface area contributed by atoms with Gasteiger partial charge in [-0.25, -0.2) is 4.79 Å². The van der Waals surface area contributed by atoms with Gasteiger partial charge in [0.15, 0.2) is 0 Å². The summed E-state index contributed by atoms with van der Waals surface area (Å²) in [5.74, 6) is -0.00303. The Balaban J connectivity index is 2.33. The van der Waals surface area contributed by atoms with Crippen molar-refractivity contribution in [2.75, 3.05) is 5.73 Å². The number of carbonyl (C=O) groups is 1. The summed E-state index contributed by atoms with van der Waals surface area (Å²) in [7, 11) is 0. The van der Waals surface area contributed by atoms with E-state index >= 15 is 0 Å². The van der Waals surface area contributed by atoms with E-state index in [-0.39, 0.29) is 11.3 Å². The summed E-state index contributed by atoms with van der Waals surface area (Å²) in [6.07, 6.45) is 0. The highest BCUT2D eigenvalue weighted by atomic mass is 35.5. The van der Waals surface area contributed by atoms with E-state index in [9.17, 15) is 4.79 Å². The topological polar surface area (TPSA) is 72.5 Å². The number of nitrogen functional groups attached to an aromatic ring is 1. The molecule has 2 aromatic rings. The second kappa shape index (κ2) is 5.43. The molecule has 0 unspecified atom stereocenters. The molecule has 3 N–H and O–H groups in total. The van der Waals surface area contributed by atoms with Crippen LogP contribution in [0.4, 0.5) is 5.69 Å². The van der Waals surface area contributed by atoms with Crippen molar-refractivity contribution in [3.63, 3.8) is 0 Å². The molecule has 0 saturated heterocycles. The van der Waals surface area contributed by atoms with Gasteiger partial charge in [-0.1, -0.05) is 11.6 Å². The summed E-state index contributed by atoms with van der Waals surface area (Å²) in [5, 5.41) is 9.58. The lowest BCUT2D eigenvalue weighted by molar-refractivity contribution is 0.0697. The largest absolute Gasteiger partial charge is 0.478 e. The molecule has 2 aromatic carbocycles. The Labute approximate surface area is 121 Å². The number of halogens is 1. The minimum Gasteiger partial charge on any atom is -0.478 e. The maximum atomic E-state index is 10.8. The molecule has 0 heterocycles. The Hall–Kier alpha value is -2.20. The second-order valence-corrected chi connectivity index (χ2v) is 4.91. The van der Waals surface area contributed by atoms with Crippen molar-refractivity contribution >= 4 is 23.3 Å². The molecular weight excluding hydrogens is 278 g/mol. The number of anilines is 1. The van der Waals surface area contributed by atoms with Crippen LogP contribution in [0.1, 0.15) is 21.5 Å². The van der Waals surface area contributed by atoms with Gasteiger partial charge in [0.05, 0.1) is 11.3 Å². The van der Waals surface area contributed by atoms with E-state index in [1.807, 2.05) is 13.8 Å². The highest BCUT2D eigenvalue weighted by Crippen LogP contribution is 2.32. The van der Waals surface area contributed by atoms with Gasteiger partial charge in [-0.05, 0) is 55.3 Å². The number of benzene rings is 2. The van der Waals surface area contributed by atoms with Gasteiger partial charge in [0.1, 0.15) is 11.5 Å². The van der Waals surface area contributed by atoms with Crippen LogP contribution in [0.2, 0.25) is 5.02 Å². The molecule has 0 aliphatic rings. The summed E-state index contributed by atoms with van der Waals surface area (Å²) in [5.41, 5.74) is 8.01. The molecular formula is C15H14ClNO3. The molecule has 4 nitrogen and oxygen atoms in total. The highest BCUT2D eigenvalue weighted by molar-refractivity contribution is 6.32. The SMILES string of the molecule is Cc1cc(Oc2ccc(C(=O)O)cc2N)cc(C)c1Cl.